The summed E-state index contributed by atoms with van der Waals surface area (Å²) in [5, 5.41) is 6.78. The van der Waals surface area contributed by atoms with E-state index in [9.17, 15) is 4.79 Å². The van der Waals surface area contributed by atoms with Gasteiger partial charge in [-0.15, -0.1) is 0 Å². The second kappa shape index (κ2) is 8.11. The zero-order chi connectivity index (χ0) is 13.4. The summed E-state index contributed by atoms with van der Waals surface area (Å²) in [5.74, 6) is 0.0462. The highest BCUT2D eigenvalue weighted by Crippen LogP contribution is 2.10. The average Bonchev–Trinajstić information content (AvgIpc) is 2.32. The van der Waals surface area contributed by atoms with Crippen molar-refractivity contribution in [1.82, 2.24) is 10.6 Å². The van der Waals surface area contributed by atoms with Crippen LogP contribution in [0, 0.1) is 0 Å². The maximum absolute atomic E-state index is 11.6. The normalized spacial score (nSPS) is 12.2. The van der Waals surface area contributed by atoms with E-state index in [1.807, 2.05) is 31.2 Å². The van der Waals surface area contributed by atoms with Crippen molar-refractivity contribution in [1.29, 1.82) is 0 Å². The van der Waals surface area contributed by atoms with Gasteiger partial charge in [0, 0.05) is 11.1 Å². The second-order valence-corrected chi connectivity index (χ2v) is 4.91. The van der Waals surface area contributed by atoms with Gasteiger partial charge in [-0.2, -0.15) is 0 Å². The Balaban J connectivity index is 2.30. The van der Waals surface area contributed by atoms with Crippen molar-refractivity contribution >= 4 is 17.5 Å². The maximum atomic E-state index is 11.6. The van der Waals surface area contributed by atoms with E-state index in [1.165, 1.54) is 5.56 Å². The zero-order valence-corrected chi connectivity index (χ0v) is 11.8. The Hall–Kier alpha value is -1.06. The van der Waals surface area contributed by atoms with E-state index in [4.69, 9.17) is 11.6 Å². The van der Waals surface area contributed by atoms with E-state index < -0.39 is 0 Å². The highest BCUT2D eigenvalue weighted by molar-refractivity contribution is 6.30. The molecule has 0 saturated heterocycles. The molecule has 0 aliphatic rings. The highest BCUT2D eigenvalue weighted by Gasteiger charge is 2.07. The topological polar surface area (TPSA) is 41.1 Å². The van der Waals surface area contributed by atoms with Crippen LogP contribution >= 0.6 is 11.6 Å². The van der Waals surface area contributed by atoms with Crippen LogP contribution in [0.2, 0.25) is 5.02 Å². The van der Waals surface area contributed by atoms with Crippen LogP contribution in [0.25, 0.3) is 0 Å². The van der Waals surface area contributed by atoms with Crippen molar-refractivity contribution in [2.45, 2.75) is 32.7 Å². The SMILES string of the molecule is CCCNCC(=O)NC(C)Cc1ccc(Cl)cc1. The molecule has 0 aromatic heterocycles. The first-order chi connectivity index (χ1) is 8.61. The van der Waals surface area contributed by atoms with Crippen molar-refractivity contribution in [3.8, 4) is 0 Å². The van der Waals surface area contributed by atoms with Gasteiger partial charge in [0.15, 0.2) is 0 Å². The third kappa shape index (κ3) is 6.03. The minimum absolute atomic E-state index is 0.0462. The molecule has 0 bridgehead atoms. The van der Waals surface area contributed by atoms with E-state index in [2.05, 4.69) is 17.6 Å². The molecule has 0 fully saturated rings. The lowest BCUT2D eigenvalue weighted by Gasteiger charge is -2.14. The van der Waals surface area contributed by atoms with Gasteiger partial charge in [-0.25, -0.2) is 0 Å². The van der Waals surface area contributed by atoms with Gasteiger partial charge in [0.1, 0.15) is 0 Å². The fourth-order valence-corrected chi connectivity index (χ4v) is 1.86. The van der Waals surface area contributed by atoms with Crippen LogP contribution in [0.5, 0.6) is 0 Å². The number of hydrogen-bond donors (Lipinski definition) is 2. The Morgan fingerprint density at radius 2 is 2.00 bits per heavy atom. The Morgan fingerprint density at radius 3 is 2.61 bits per heavy atom. The van der Waals surface area contributed by atoms with Crippen LogP contribution in [0.1, 0.15) is 25.8 Å². The van der Waals surface area contributed by atoms with E-state index in [0.717, 1.165) is 24.4 Å². The molecule has 1 aromatic rings. The number of halogens is 1. The van der Waals surface area contributed by atoms with E-state index >= 15 is 0 Å². The fraction of sp³-hybridized carbons (Fsp3) is 0.500. The highest BCUT2D eigenvalue weighted by atomic mass is 35.5. The summed E-state index contributed by atoms with van der Waals surface area (Å²) in [6.45, 7) is 5.35. The zero-order valence-electron chi connectivity index (χ0n) is 11.0. The van der Waals surface area contributed by atoms with Crippen LogP contribution in [-0.2, 0) is 11.2 Å². The molecule has 2 N–H and O–H groups in total. The van der Waals surface area contributed by atoms with Crippen LogP contribution < -0.4 is 10.6 Å². The molecular weight excluding hydrogens is 248 g/mol. The Morgan fingerprint density at radius 1 is 1.33 bits per heavy atom. The summed E-state index contributed by atoms with van der Waals surface area (Å²) in [4.78, 5) is 11.6. The van der Waals surface area contributed by atoms with Crippen molar-refractivity contribution in [2.24, 2.45) is 0 Å². The number of amides is 1. The number of carbonyl (C=O) groups excluding carboxylic acids is 1. The van der Waals surface area contributed by atoms with Crippen LogP contribution in [0.15, 0.2) is 24.3 Å². The van der Waals surface area contributed by atoms with Gasteiger partial charge in [0.25, 0.3) is 0 Å². The molecule has 4 heteroatoms. The van der Waals surface area contributed by atoms with Crippen molar-refractivity contribution in [3.05, 3.63) is 34.9 Å². The van der Waals surface area contributed by atoms with Gasteiger partial charge in [-0.1, -0.05) is 30.7 Å². The predicted octanol–water partition coefficient (Wildman–Crippen LogP) is 2.39. The minimum atomic E-state index is 0.0462. The molecule has 1 unspecified atom stereocenters. The lowest BCUT2D eigenvalue weighted by Crippen LogP contribution is -2.40. The van der Waals surface area contributed by atoms with Crippen LogP contribution in [0.4, 0.5) is 0 Å². The van der Waals surface area contributed by atoms with Crippen molar-refractivity contribution in [2.75, 3.05) is 13.1 Å². The van der Waals surface area contributed by atoms with Gasteiger partial charge >= 0.3 is 0 Å². The minimum Gasteiger partial charge on any atom is -0.352 e. The summed E-state index contributed by atoms with van der Waals surface area (Å²) >= 11 is 5.83. The Labute approximate surface area is 114 Å². The summed E-state index contributed by atoms with van der Waals surface area (Å²) in [7, 11) is 0. The number of benzene rings is 1. The Kier molecular flexibility index (Phi) is 6.76. The summed E-state index contributed by atoms with van der Waals surface area (Å²) < 4.78 is 0. The molecular formula is C14H21ClN2O. The van der Waals surface area contributed by atoms with Gasteiger partial charge in [0.2, 0.25) is 5.91 Å². The number of carbonyl (C=O) groups is 1. The number of hydrogen-bond acceptors (Lipinski definition) is 2. The third-order valence-electron chi connectivity index (χ3n) is 2.57. The summed E-state index contributed by atoms with van der Waals surface area (Å²) in [6, 6.07) is 7.84. The maximum Gasteiger partial charge on any atom is 0.234 e. The molecule has 1 rings (SSSR count). The average molecular weight is 269 g/mol. The first kappa shape index (κ1) is 15.0. The van der Waals surface area contributed by atoms with Gasteiger partial charge < -0.3 is 10.6 Å². The third-order valence-corrected chi connectivity index (χ3v) is 2.83. The molecule has 1 amide bonds. The molecule has 3 nitrogen and oxygen atoms in total. The van der Waals surface area contributed by atoms with Crippen LogP contribution in [-0.4, -0.2) is 25.0 Å². The second-order valence-electron chi connectivity index (χ2n) is 4.48. The molecule has 100 valence electrons. The van der Waals surface area contributed by atoms with Crippen LogP contribution in [0.3, 0.4) is 0 Å². The quantitative estimate of drug-likeness (QED) is 0.746. The lowest BCUT2D eigenvalue weighted by molar-refractivity contribution is -0.120. The van der Waals surface area contributed by atoms with Gasteiger partial charge in [-0.05, 0) is 44.0 Å². The molecule has 0 aliphatic carbocycles. The summed E-state index contributed by atoms with van der Waals surface area (Å²) in [6.07, 6.45) is 1.85. The van der Waals surface area contributed by atoms with Gasteiger partial charge in [0.05, 0.1) is 6.54 Å². The molecule has 0 saturated carbocycles. The Bertz CT molecular complexity index is 365. The van der Waals surface area contributed by atoms with Crippen molar-refractivity contribution < 1.29 is 4.79 Å². The molecule has 18 heavy (non-hydrogen) atoms. The largest absolute Gasteiger partial charge is 0.352 e. The lowest BCUT2D eigenvalue weighted by atomic mass is 10.1. The predicted molar refractivity (Wildman–Crippen MR) is 75.9 cm³/mol. The van der Waals surface area contributed by atoms with E-state index in [-0.39, 0.29) is 11.9 Å². The first-order valence-corrected chi connectivity index (χ1v) is 6.74. The molecule has 0 spiro atoms. The number of nitrogens with one attached hydrogen (secondary N) is 2. The number of rotatable bonds is 7. The summed E-state index contributed by atoms with van der Waals surface area (Å²) in [5.41, 5.74) is 1.17. The molecule has 0 heterocycles. The smallest absolute Gasteiger partial charge is 0.234 e. The fourth-order valence-electron chi connectivity index (χ4n) is 1.73. The molecule has 1 aromatic carbocycles. The molecule has 1 atom stereocenters. The van der Waals surface area contributed by atoms with E-state index in [0.29, 0.717) is 6.54 Å². The first-order valence-electron chi connectivity index (χ1n) is 6.36. The standard InChI is InChI=1S/C14H21ClN2O/c1-3-8-16-10-14(18)17-11(2)9-12-4-6-13(15)7-5-12/h4-7,11,16H,3,8-10H2,1-2H3,(H,17,18). The van der Waals surface area contributed by atoms with Crippen molar-refractivity contribution in [3.63, 3.8) is 0 Å². The van der Waals surface area contributed by atoms with E-state index in [1.54, 1.807) is 0 Å². The monoisotopic (exact) mass is 268 g/mol. The molecule has 0 radical (unpaired) electrons. The molecule has 0 aliphatic heterocycles. The van der Waals surface area contributed by atoms with Gasteiger partial charge in [-0.3, -0.25) is 4.79 Å².